The number of rotatable bonds is 5. The molecule has 1 aliphatic heterocycles. The fourth-order valence-corrected chi connectivity index (χ4v) is 3.25. The zero-order valence-corrected chi connectivity index (χ0v) is 13.9. The molecule has 4 heteroatoms. The smallest absolute Gasteiger partial charge is 0.225 e. The van der Waals surface area contributed by atoms with E-state index in [9.17, 15) is 4.79 Å². The van der Waals surface area contributed by atoms with E-state index in [-0.39, 0.29) is 5.92 Å². The summed E-state index contributed by atoms with van der Waals surface area (Å²) in [4.78, 5) is 14.1. The van der Waals surface area contributed by atoms with Crippen LogP contribution >= 0.6 is 0 Å². The van der Waals surface area contributed by atoms with Crippen molar-refractivity contribution in [1.82, 2.24) is 10.2 Å². The van der Waals surface area contributed by atoms with Crippen LogP contribution in [0.15, 0.2) is 0 Å². The Morgan fingerprint density at radius 3 is 2.64 bits per heavy atom. The number of ether oxygens (including phenoxy) is 1. The minimum absolute atomic E-state index is 0.249. The number of hydrogen-bond acceptors (Lipinski definition) is 3. The second kappa shape index (κ2) is 9.86. The molecular weight excluding hydrogens is 276 g/mol. The highest BCUT2D eigenvalue weighted by Gasteiger charge is 2.23. The highest BCUT2D eigenvalue weighted by atomic mass is 16.5. The molecule has 0 aromatic heterocycles. The van der Waals surface area contributed by atoms with Crippen LogP contribution in [0, 0.1) is 23.7 Å². The van der Waals surface area contributed by atoms with Crippen LogP contribution in [-0.4, -0.2) is 50.7 Å². The molecule has 2 aliphatic rings. The van der Waals surface area contributed by atoms with Crippen molar-refractivity contribution in [3.05, 3.63) is 0 Å². The number of likely N-dealkylation sites (N-methyl/N-ethyl adjacent to an activating group) is 1. The molecule has 1 amide bonds. The van der Waals surface area contributed by atoms with Gasteiger partial charge in [0.25, 0.3) is 0 Å². The van der Waals surface area contributed by atoms with Gasteiger partial charge < -0.3 is 15.0 Å². The van der Waals surface area contributed by atoms with E-state index in [1.165, 1.54) is 19.3 Å². The summed E-state index contributed by atoms with van der Waals surface area (Å²) >= 11 is 0. The number of carbonyl (C=O) groups excluding carboxylic acids is 1. The van der Waals surface area contributed by atoms with Gasteiger partial charge in [0.05, 0.1) is 6.61 Å². The Kier molecular flexibility index (Phi) is 7.76. The lowest BCUT2D eigenvalue weighted by atomic mass is 9.88. The van der Waals surface area contributed by atoms with Gasteiger partial charge in [-0.05, 0) is 38.8 Å². The highest BCUT2D eigenvalue weighted by Crippen LogP contribution is 2.24. The molecule has 1 heterocycles. The molecule has 0 unspecified atom stereocenters. The van der Waals surface area contributed by atoms with E-state index in [1.807, 2.05) is 11.9 Å². The molecule has 0 aromatic rings. The van der Waals surface area contributed by atoms with Gasteiger partial charge in [-0.2, -0.15) is 0 Å². The molecule has 0 aromatic carbocycles. The Balaban J connectivity index is 1.55. The number of nitrogens with one attached hydrogen (secondary N) is 1. The predicted octanol–water partition coefficient (Wildman–Crippen LogP) is 2.04. The zero-order chi connectivity index (χ0) is 15.6. The molecule has 124 valence electrons. The monoisotopic (exact) mass is 306 g/mol. The predicted molar refractivity (Wildman–Crippen MR) is 88.4 cm³/mol. The molecule has 0 bridgehead atoms. The van der Waals surface area contributed by atoms with Gasteiger partial charge in [-0.1, -0.05) is 31.1 Å². The largest absolute Gasteiger partial charge is 0.367 e. The molecule has 1 saturated carbocycles. The average molecular weight is 306 g/mol. The van der Waals surface area contributed by atoms with Gasteiger partial charge in [0.1, 0.15) is 6.61 Å². The van der Waals surface area contributed by atoms with Gasteiger partial charge in [0.2, 0.25) is 5.91 Å². The van der Waals surface area contributed by atoms with Crippen LogP contribution in [0.25, 0.3) is 0 Å². The number of amides is 1. The third-order valence-electron chi connectivity index (χ3n) is 4.72. The van der Waals surface area contributed by atoms with E-state index in [0.717, 1.165) is 38.8 Å². The topological polar surface area (TPSA) is 41.6 Å². The van der Waals surface area contributed by atoms with E-state index in [4.69, 9.17) is 4.74 Å². The first-order valence-corrected chi connectivity index (χ1v) is 8.79. The molecule has 4 nitrogen and oxygen atoms in total. The van der Waals surface area contributed by atoms with Gasteiger partial charge in [0, 0.05) is 25.4 Å². The molecule has 2 rings (SSSR count). The quantitative estimate of drug-likeness (QED) is 0.624. The van der Waals surface area contributed by atoms with Gasteiger partial charge >= 0.3 is 0 Å². The third kappa shape index (κ3) is 5.98. The van der Waals surface area contributed by atoms with Crippen LogP contribution in [0.2, 0.25) is 0 Å². The third-order valence-corrected chi connectivity index (χ3v) is 4.72. The van der Waals surface area contributed by atoms with E-state index in [2.05, 4.69) is 17.2 Å². The molecule has 0 atom stereocenters. The molecule has 1 N–H and O–H groups in total. The summed E-state index contributed by atoms with van der Waals surface area (Å²) in [6, 6.07) is 0. The minimum Gasteiger partial charge on any atom is -0.367 e. The van der Waals surface area contributed by atoms with Crippen LogP contribution in [0.1, 0.15) is 44.9 Å². The first-order chi connectivity index (χ1) is 10.8. The fourth-order valence-electron chi connectivity index (χ4n) is 3.25. The standard InChI is InChI=1S/C18H30N2O2/c1-20(18(21)17-7-3-2-4-8-17)13-15-22-14-5-6-16-9-11-19-12-10-16/h16-17,19H,2-4,7-15H2,1H3. The molecular formula is C18H30N2O2. The summed E-state index contributed by atoms with van der Waals surface area (Å²) in [5, 5.41) is 3.34. The van der Waals surface area contributed by atoms with Crippen molar-refractivity contribution in [3.63, 3.8) is 0 Å². The van der Waals surface area contributed by atoms with Gasteiger partial charge in [-0.3, -0.25) is 4.79 Å². The van der Waals surface area contributed by atoms with Gasteiger partial charge in [-0.15, -0.1) is 0 Å². The molecule has 0 spiro atoms. The van der Waals surface area contributed by atoms with Crippen LogP contribution < -0.4 is 5.32 Å². The van der Waals surface area contributed by atoms with Crippen molar-refractivity contribution in [3.8, 4) is 11.8 Å². The maximum Gasteiger partial charge on any atom is 0.225 e. The second-order valence-electron chi connectivity index (χ2n) is 6.49. The Labute approximate surface area is 135 Å². The number of carbonyl (C=O) groups is 1. The Morgan fingerprint density at radius 2 is 1.91 bits per heavy atom. The van der Waals surface area contributed by atoms with Crippen molar-refractivity contribution in [2.24, 2.45) is 11.8 Å². The lowest BCUT2D eigenvalue weighted by molar-refractivity contribution is -0.135. The summed E-state index contributed by atoms with van der Waals surface area (Å²) in [6.07, 6.45) is 8.10. The van der Waals surface area contributed by atoms with Crippen LogP contribution in [-0.2, 0) is 9.53 Å². The molecule has 0 radical (unpaired) electrons. The van der Waals surface area contributed by atoms with Crippen molar-refractivity contribution >= 4 is 5.91 Å². The van der Waals surface area contributed by atoms with Crippen LogP contribution in [0.4, 0.5) is 0 Å². The van der Waals surface area contributed by atoms with Gasteiger partial charge in [-0.25, -0.2) is 0 Å². The van der Waals surface area contributed by atoms with Crippen LogP contribution in [0.3, 0.4) is 0 Å². The van der Waals surface area contributed by atoms with E-state index in [1.54, 1.807) is 0 Å². The average Bonchev–Trinajstić information content (AvgIpc) is 2.58. The molecule has 1 aliphatic carbocycles. The first kappa shape index (κ1) is 17.3. The lowest BCUT2D eigenvalue weighted by Crippen LogP contribution is -2.36. The Bertz CT molecular complexity index is 388. The van der Waals surface area contributed by atoms with Crippen LogP contribution in [0.5, 0.6) is 0 Å². The van der Waals surface area contributed by atoms with Crippen molar-refractivity contribution in [1.29, 1.82) is 0 Å². The van der Waals surface area contributed by atoms with E-state index in [0.29, 0.717) is 31.6 Å². The summed E-state index contributed by atoms with van der Waals surface area (Å²) in [6.45, 7) is 3.89. The molecule has 1 saturated heterocycles. The van der Waals surface area contributed by atoms with E-state index >= 15 is 0 Å². The number of nitrogens with zero attached hydrogens (tertiary/aromatic N) is 1. The minimum atomic E-state index is 0.249. The number of piperidine rings is 1. The SMILES string of the molecule is CN(CCOCC#CC1CCNCC1)C(=O)C1CCCCC1. The van der Waals surface area contributed by atoms with Gasteiger partial charge in [0.15, 0.2) is 0 Å². The molecule has 2 fully saturated rings. The Morgan fingerprint density at radius 1 is 1.18 bits per heavy atom. The van der Waals surface area contributed by atoms with E-state index < -0.39 is 0 Å². The first-order valence-electron chi connectivity index (χ1n) is 8.79. The summed E-state index contributed by atoms with van der Waals surface area (Å²) < 4.78 is 5.55. The lowest BCUT2D eigenvalue weighted by Gasteiger charge is -2.26. The summed E-state index contributed by atoms with van der Waals surface area (Å²) in [5.74, 6) is 7.48. The Hall–Kier alpha value is -1.05. The van der Waals surface area contributed by atoms with Crippen molar-refractivity contribution in [2.45, 2.75) is 44.9 Å². The number of hydrogen-bond donors (Lipinski definition) is 1. The zero-order valence-electron chi connectivity index (χ0n) is 13.9. The fraction of sp³-hybridized carbons (Fsp3) is 0.833. The second-order valence-corrected chi connectivity index (χ2v) is 6.49. The van der Waals surface area contributed by atoms with Crippen molar-refractivity contribution in [2.75, 3.05) is 39.9 Å². The van der Waals surface area contributed by atoms with Crippen molar-refractivity contribution < 1.29 is 9.53 Å². The highest BCUT2D eigenvalue weighted by molar-refractivity contribution is 5.78. The summed E-state index contributed by atoms with van der Waals surface area (Å²) in [5.41, 5.74) is 0. The summed E-state index contributed by atoms with van der Waals surface area (Å²) in [7, 11) is 1.89. The maximum atomic E-state index is 12.3. The normalized spacial score (nSPS) is 20.2. The molecule has 22 heavy (non-hydrogen) atoms. The maximum absolute atomic E-state index is 12.3.